The van der Waals surface area contributed by atoms with E-state index in [2.05, 4.69) is 15.3 Å². The maximum Gasteiger partial charge on any atom is 0.213 e. The summed E-state index contributed by atoms with van der Waals surface area (Å²) < 4.78 is 5.28. The van der Waals surface area contributed by atoms with E-state index in [9.17, 15) is 0 Å². The van der Waals surface area contributed by atoms with Gasteiger partial charge in [-0.2, -0.15) is 0 Å². The number of nitrogens with one attached hydrogen (secondary N) is 1. The van der Waals surface area contributed by atoms with E-state index in [0.717, 1.165) is 40.6 Å². The molecule has 1 aromatic carbocycles. The van der Waals surface area contributed by atoms with Gasteiger partial charge >= 0.3 is 0 Å². The van der Waals surface area contributed by atoms with Gasteiger partial charge in [0.15, 0.2) is 0 Å². The summed E-state index contributed by atoms with van der Waals surface area (Å²) in [7, 11) is 1.59. The molecule has 0 radical (unpaired) electrons. The average Bonchev–Trinajstić information content (AvgIpc) is 2.70. The molecule has 0 aliphatic heterocycles. The summed E-state index contributed by atoms with van der Waals surface area (Å²) >= 11 is 6.15. The van der Waals surface area contributed by atoms with E-state index in [1.165, 1.54) is 0 Å². The number of fused-ring (bicyclic) bond motifs is 2. The number of anilines is 1. The Hall–Kier alpha value is -1.61. The second kappa shape index (κ2) is 12.9. The molecule has 0 saturated heterocycles. The number of rotatable bonds is 10. The molecule has 0 aliphatic carbocycles. The van der Waals surface area contributed by atoms with Gasteiger partial charge < -0.3 is 20.3 Å². The van der Waals surface area contributed by atoms with Gasteiger partial charge in [0.1, 0.15) is 5.52 Å². The van der Waals surface area contributed by atoms with E-state index in [1.807, 2.05) is 29.2 Å². The molecule has 3 aromatic rings. The van der Waals surface area contributed by atoms with Gasteiger partial charge in [0.2, 0.25) is 5.88 Å². The molecule has 7 nitrogen and oxygen atoms in total. The van der Waals surface area contributed by atoms with E-state index in [4.69, 9.17) is 26.6 Å². The van der Waals surface area contributed by atoms with Crippen molar-refractivity contribution < 1.29 is 14.9 Å². The Morgan fingerprint density at radius 1 is 1.00 bits per heavy atom. The zero-order chi connectivity index (χ0) is 19.9. The predicted octanol–water partition coefficient (Wildman–Crippen LogP) is 3.38. The fourth-order valence-electron chi connectivity index (χ4n) is 3.20. The maximum absolute atomic E-state index is 9.13. The van der Waals surface area contributed by atoms with Crippen LogP contribution in [0.25, 0.3) is 21.9 Å². The van der Waals surface area contributed by atoms with Gasteiger partial charge in [-0.25, -0.2) is 9.97 Å². The second-order valence-corrected chi connectivity index (χ2v) is 6.88. The van der Waals surface area contributed by atoms with Crippen LogP contribution in [-0.4, -0.2) is 71.6 Å². The van der Waals surface area contributed by atoms with Crippen LogP contribution in [0.4, 0.5) is 5.69 Å². The lowest BCUT2D eigenvalue weighted by Crippen LogP contribution is -2.31. The van der Waals surface area contributed by atoms with Crippen molar-refractivity contribution in [2.75, 3.05) is 51.8 Å². The first kappa shape index (κ1) is 26.4. The van der Waals surface area contributed by atoms with E-state index in [-0.39, 0.29) is 38.0 Å². The summed E-state index contributed by atoms with van der Waals surface area (Å²) in [5, 5.41) is 23.3. The lowest BCUT2D eigenvalue weighted by atomic mass is 10.1. The van der Waals surface area contributed by atoms with Crippen molar-refractivity contribution in [3.8, 4) is 5.88 Å². The van der Waals surface area contributed by atoms with Crippen LogP contribution in [-0.2, 0) is 0 Å². The molecule has 0 spiro atoms. The molecule has 30 heavy (non-hydrogen) atoms. The number of pyridine rings is 2. The largest absolute Gasteiger partial charge is 0.481 e. The number of nitrogens with zero attached hydrogens (tertiary/aromatic N) is 3. The summed E-state index contributed by atoms with van der Waals surface area (Å²) in [5.41, 5.74) is 3.21. The minimum atomic E-state index is 0. The molecular weight excluding hydrogens is 451 g/mol. The number of ether oxygens (including phenoxy) is 1. The van der Waals surface area contributed by atoms with Gasteiger partial charge in [-0.05, 0) is 37.2 Å². The van der Waals surface area contributed by atoms with Crippen molar-refractivity contribution in [1.29, 1.82) is 0 Å². The smallest absolute Gasteiger partial charge is 0.213 e. The molecule has 166 valence electrons. The minimum Gasteiger partial charge on any atom is -0.481 e. The quantitative estimate of drug-likeness (QED) is 0.305. The second-order valence-electron chi connectivity index (χ2n) is 6.44. The lowest BCUT2D eigenvalue weighted by Gasteiger charge is -2.20. The van der Waals surface area contributed by atoms with Crippen molar-refractivity contribution in [1.82, 2.24) is 14.9 Å². The van der Waals surface area contributed by atoms with Crippen LogP contribution < -0.4 is 10.1 Å². The molecule has 3 rings (SSSR count). The first-order valence-corrected chi connectivity index (χ1v) is 9.66. The third-order valence-corrected chi connectivity index (χ3v) is 4.78. The summed E-state index contributed by atoms with van der Waals surface area (Å²) in [6, 6.07) is 9.30. The van der Waals surface area contributed by atoms with Crippen LogP contribution >= 0.6 is 36.4 Å². The number of aromatic nitrogens is 2. The molecule has 0 saturated carbocycles. The lowest BCUT2D eigenvalue weighted by molar-refractivity contribution is 0.161. The van der Waals surface area contributed by atoms with Crippen molar-refractivity contribution in [2.24, 2.45) is 0 Å². The van der Waals surface area contributed by atoms with Crippen molar-refractivity contribution in [3.05, 3.63) is 35.4 Å². The zero-order valence-electron chi connectivity index (χ0n) is 16.7. The molecule has 0 fully saturated rings. The van der Waals surface area contributed by atoms with E-state index in [1.54, 1.807) is 13.2 Å². The van der Waals surface area contributed by atoms with Gasteiger partial charge in [0, 0.05) is 36.1 Å². The van der Waals surface area contributed by atoms with Crippen LogP contribution in [0.3, 0.4) is 0 Å². The molecule has 0 atom stereocenters. The standard InChI is InChI=1S/C20H25ClN4O3.2ClH/c1-28-18-6-5-16-20(24-18)19(15-4-3-14(21)13-17(15)23-16)22-7-2-8-25(9-11-26)10-12-27;;/h3-6,13,26-27H,2,7-12H2,1H3,(H,22,23);2*1H. The Kier molecular flexibility index (Phi) is 11.4. The highest BCUT2D eigenvalue weighted by Gasteiger charge is 2.12. The third kappa shape index (κ3) is 6.44. The Balaban J connectivity index is 0.00000225. The first-order chi connectivity index (χ1) is 13.7. The van der Waals surface area contributed by atoms with E-state index < -0.39 is 0 Å². The van der Waals surface area contributed by atoms with Crippen LogP contribution in [0.1, 0.15) is 6.42 Å². The minimum absolute atomic E-state index is 0. The van der Waals surface area contributed by atoms with Crippen LogP contribution in [0, 0.1) is 0 Å². The topological polar surface area (TPSA) is 90.7 Å². The molecule has 3 N–H and O–H groups in total. The number of hydrogen-bond donors (Lipinski definition) is 3. The summed E-state index contributed by atoms with van der Waals surface area (Å²) in [5.74, 6) is 0.530. The number of benzene rings is 1. The number of hydrogen-bond acceptors (Lipinski definition) is 7. The van der Waals surface area contributed by atoms with Crippen molar-refractivity contribution >= 4 is 64.0 Å². The van der Waals surface area contributed by atoms with Gasteiger partial charge in [-0.1, -0.05) is 11.6 Å². The molecule has 10 heteroatoms. The van der Waals surface area contributed by atoms with Crippen molar-refractivity contribution in [2.45, 2.75) is 6.42 Å². The highest BCUT2D eigenvalue weighted by Crippen LogP contribution is 2.32. The molecular formula is C20H27Cl3N4O3. The molecule has 0 aliphatic rings. The monoisotopic (exact) mass is 476 g/mol. The molecule has 2 aromatic heterocycles. The van der Waals surface area contributed by atoms with Crippen molar-refractivity contribution in [3.63, 3.8) is 0 Å². The Morgan fingerprint density at radius 2 is 1.73 bits per heavy atom. The van der Waals surface area contributed by atoms with Crippen LogP contribution in [0.5, 0.6) is 5.88 Å². The first-order valence-electron chi connectivity index (χ1n) is 9.28. The van der Waals surface area contributed by atoms with Crippen LogP contribution in [0.2, 0.25) is 5.02 Å². The molecule has 0 unspecified atom stereocenters. The summed E-state index contributed by atoms with van der Waals surface area (Å²) in [4.78, 5) is 11.3. The summed E-state index contributed by atoms with van der Waals surface area (Å²) in [6.07, 6.45) is 0.850. The normalized spacial score (nSPS) is 10.7. The summed E-state index contributed by atoms with van der Waals surface area (Å²) in [6.45, 7) is 2.76. The highest BCUT2D eigenvalue weighted by molar-refractivity contribution is 6.31. The number of aliphatic hydroxyl groups excluding tert-OH is 2. The predicted molar refractivity (Wildman–Crippen MR) is 127 cm³/mol. The number of methoxy groups -OCH3 is 1. The Labute approximate surface area is 193 Å². The van der Waals surface area contributed by atoms with Gasteiger partial charge in [-0.3, -0.25) is 4.90 Å². The van der Waals surface area contributed by atoms with Gasteiger partial charge in [0.05, 0.1) is 37.0 Å². The van der Waals surface area contributed by atoms with Gasteiger partial charge in [0.25, 0.3) is 0 Å². The number of aliphatic hydroxyl groups is 2. The zero-order valence-corrected chi connectivity index (χ0v) is 19.1. The fourth-order valence-corrected chi connectivity index (χ4v) is 3.37. The molecule has 0 amide bonds. The fraction of sp³-hybridized carbons (Fsp3) is 0.400. The average molecular weight is 478 g/mol. The third-order valence-electron chi connectivity index (χ3n) is 4.55. The van der Waals surface area contributed by atoms with E-state index in [0.29, 0.717) is 30.5 Å². The Morgan fingerprint density at radius 3 is 2.40 bits per heavy atom. The van der Waals surface area contributed by atoms with Crippen LogP contribution in [0.15, 0.2) is 30.3 Å². The molecule has 0 bridgehead atoms. The van der Waals surface area contributed by atoms with Gasteiger partial charge in [-0.15, -0.1) is 24.8 Å². The van der Waals surface area contributed by atoms with E-state index >= 15 is 0 Å². The molecule has 2 heterocycles. The maximum atomic E-state index is 9.13. The highest BCUT2D eigenvalue weighted by atomic mass is 35.5. The number of halogens is 3. The Bertz CT molecular complexity index is 940. The SMILES string of the molecule is COc1ccc2nc3cc(Cl)ccc3c(NCCCN(CCO)CCO)c2n1.Cl.Cl.